The van der Waals surface area contributed by atoms with E-state index in [1.54, 1.807) is 0 Å². The Labute approximate surface area is 209 Å². The molecule has 0 radical (unpaired) electrons. The van der Waals surface area contributed by atoms with E-state index in [9.17, 15) is 9.59 Å². The number of amides is 1. The molecule has 1 aliphatic rings. The second-order valence-electron chi connectivity index (χ2n) is 9.37. The van der Waals surface area contributed by atoms with E-state index in [1.807, 2.05) is 36.4 Å². The number of hydrogen-bond acceptors (Lipinski definition) is 5. The van der Waals surface area contributed by atoms with Gasteiger partial charge in [-0.1, -0.05) is 37.3 Å². The fourth-order valence-electron chi connectivity index (χ4n) is 4.74. The maximum absolute atomic E-state index is 13.7. The lowest BCUT2D eigenvalue weighted by Crippen LogP contribution is -2.16. The van der Waals surface area contributed by atoms with Gasteiger partial charge in [0.2, 0.25) is 0 Å². The average molecular weight is 485 g/mol. The van der Waals surface area contributed by atoms with Crippen LogP contribution >= 0.6 is 11.3 Å². The highest BCUT2D eigenvalue weighted by molar-refractivity contribution is 7.17. The molecule has 5 rings (SSSR count). The molecular formula is C29H28N2O3S. The Morgan fingerprint density at radius 3 is 2.66 bits per heavy atom. The van der Waals surface area contributed by atoms with Crippen molar-refractivity contribution >= 4 is 39.1 Å². The molecule has 35 heavy (non-hydrogen) atoms. The zero-order valence-electron chi connectivity index (χ0n) is 20.4. The molecule has 0 saturated carbocycles. The average Bonchev–Trinajstić information content (AvgIpc) is 3.21. The summed E-state index contributed by atoms with van der Waals surface area (Å²) in [4.78, 5) is 32.4. The maximum Gasteiger partial charge on any atom is 0.341 e. The predicted molar refractivity (Wildman–Crippen MR) is 141 cm³/mol. The van der Waals surface area contributed by atoms with Gasteiger partial charge in [-0.25, -0.2) is 9.78 Å². The van der Waals surface area contributed by atoms with Crippen molar-refractivity contribution in [3.05, 3.63) is 81.2 Å². The number of aromatic nitrogens is 1. The van der Waals surface area contributed by atoms with Crippen molar-refractivity contribution in [3.8, 4) is 11.3 Å². The molecule has 1 N–H and O–H groups in total. The van der Waals surface area contributed by atoms with Gasteiger partial charge in [0.15, 0.2) is 0 Å². The zero-order valence-corrected chi connectivity index (χ0v) is 21.2. The number of nitrogens with one attached hydrogen (secondary N) is 1. The molecule has 5 nitrogen and oxygen atoms in total. The number of nitrogens with zero attached hydrogens (tertiary/aromatic N) is 1. The van der Waals surface area contributed by atoms with Crippen molar-refractivity contribution in [2.45, 2.75) is 40.0 Å². The summed E-state index contributed by atoms with van der Waals surface area (Å²) in [6.45, 7) is 6.36. The van der Waals surface area contributed by atoms with Gasteiger partial charge in [-0.15, -0.1) is 11.3 Å². The Morgan fingerprint density at radius 2 is 1.89 bits per heavy atom. The summed E-state index contributed by atoms with van der Waals surface area (Å²) in [5.74, 6) is -0.104. The summed E-state index contributed by atoms with van der Waals surface area (Å²) >= 11 is 1.49. The lowest BCUT2D eigenvalue weighted by Gasteiger charge is -2.18. The number of pyridine rings is 1. The van der Waals surface area contributed by atoms with Gasteiger partial charge in [0.05, 0.1) is 29.4 Å². The summed E-state index contributed by atoms with van der Waals surface area (Å²) in [6.07, 6.45) is 2.76. The molecule has 0 bridgehead atoms. The van der Waals surface area contributed by atoms with Crippen LogP contribution in [0, 0.1) is 19.8 Å². The number of anilines is 1. The highest BCUT2D eigenvalue weighted by Crippen LogP contribution is 2.40. The molecule has 1 aliphatic carbocycles. The molecule has 0 unspecified atom stereocenters. The van der Waals surface area contributed by atoms with Gasteiger partial charge < -0.3 is 10.1 Å². The van der Waals surface area contributed by atoms with Crippen LogP contribution in [-0.2, 0) is 17.6 Å². The van der Waals surface area contributed by atoms with E-state index in [4.69, 9.17) is 9.72 Å². The summed E-state index contributed by atoms with van der Waals surface area (Å²) in [7, 11) is 1.38. The number of benzene rings is 2. The van der Waals surface area contributed by atoms with Crippen molar-refractivity contribution in [3.63, 3.8) is 0 Å². The number of rotatable bonds is 4. The van der Waals surface area contributed by atoms with E-state index in [-0.39, 0.29) is 5.91 Å². The maximum atomic E-state index is 13.7. The molecule has 2 heterocycles. The molecule has 2 aromatic carbocycles. The van der Waals surface area contributed by atoms with E-state index in [2.05, 4.69) is 38.2 Å². The predicted octanol–water partition coefficient (Wildman–Crippen LogP) is 6.74. The number of hydrogen-bond donors (Lipinski definition) is 1. The van der Waals surface area contributed by atoms with Gasteiger partial charge >= 0.3 is 5.97 Å². The van der Waals surface area contributed by atoms with Gasteiger partial charge in [-0.3, -0.25) is 4.79 Å². The molecule has 1 atom stereocenters. The third kappa shape index (κ3) is 4.34. The number of methoxy groups -OCH3 is 1. The third-order valence-corrected chi connectivity index (χ3v) is 8.06. The lowest BCUT2D eigenvalue weighted by atomic mass is 9.88. The second-order valence-corrected chi connectivity index (χ2v) is 10.5. The highest BCUT2D eigenvalue weighted by Gasteiger charge is 2.29. The van der Waals surface area contributed by atoms with Crippen LogP contribution in [0.25, 0.3) is 22.2 Å². The first-order valence-electron chi connectivity index (χ1n) is 11.9. The number of aryl methyl sites for hydroxylation is 2. The lowest BCUT2D eigenvalue weighted by molar-refractivity contribution is 0.0601. The van der Waals surface area contributed by atoms with Crippen LogP contribution in [0.15, 0.2) is 48.5 Å². The Kier molecular flexibility index (Phi) is 6.15. The van der Waals surface area contributed by atoms with E-state index < -0.39 is 5.97 Å². The van der Waals surface area contributed by atoms with Crippen LogP contribution in [0.1, 0.15) is 55.6 Å². The molecular weight excluding hydrogens is 456 g/mol. The fourth-order valence-corrected chi connectivity index (χ4v) is 6.13. The SMILES string of the molecule is COC(=O)c1c(NC(=O)c2cc(-c3ccc(C)c(C)c3)nc3ccccc23)sc2c1CC[C@H](C)C2. The van der Waals surface area contributed by atoms with Gasteiger partial charge in [0.25, 0.3) is 5.91 Å². The smallest absolute Gasteiger partial charge is 0.341 e. The van der Waals surface area contributed by atoms with Crippen LogP contribution in [0.2, 0.25) is 0 Å². The molecule has 0 aliphatic heterocycles. The summed E-state index contributed by atoms with van der Waals surface area (Å²) < 4.78 is 5.09. The number of esters is 1. The quantitative estimate of drug-likeness (QED) is 0.326. The van der Waals surface area contributed by atoms with Gasteiger partial charge in [0.1, 0.15) is 5.00 Å². The standard InChI is InChI=1S/C29H28N2O3S/c1-16-9-12-21-25(13-16)35-28(26(21)29(33)34-4)31-27(32)22-15-24(19-11-10-17(2)18(3)14-19)30-23-8-6-5-7-20(22)23/h5-8,10-11,14-16H,9,12-13H2,1-4H3,(H,31,32)/t16-/m0/s1. The number of thiophene rings is 1. The number of carbonyl (C=O) groups is 2. The van der Waals surface area contributed by atoms with Crippen LogP contribution in [0.4, 0.5) is 5.00 Å². The summed E-state index contributed by atoms with van der Waals surface area (Å²) in [6, 6.07) is 15.7. The number of ether oxygens (including phenoxy) is 1. The first-order chi connectivity index (χ1) is 16.9. The molecule has 1 amide bonds. The minimum atomic E-state index is -0.400. The van der Waals surface area contributed by atoms with Crippen LogP contribution in [-0.4, -0.2) is 24.0 Å². The monoisotopic (exact) mass is 484 g/mol. The van der Waals surface area contributed by atoms with Gasteiger partial charge in [0, 0.05) is 15.8 Å². The van der Waals surface area contributed by atoms with E-state index in [0.29, 0.717) is 22.0 Å². The Morgan fingerprint density at radius 1 is 1.09 bits per heavy atom. The minimum Gasteiger partial charge on any atom is -0.465 e. The number of fused-ring (bicyclic) bond motifs is 2. The van der Waals surface area contributed by atoms with E-state index in [1.165, 1.54) is 29.6 Å². The molecule has 4 aromatic rings. The largest absolute Gasteiger partial charge is 0.465 e. The highest BCUT2D eigenvalue weighted by atomic mass is 32.1. The van der Waals surface area contributed by atoms with Crippen molar-refractivity contribution in [2.75, 3.05) is 12.4 Å². The first-order valence-corrected chi connectivity index (χ1v) is 12.7. The normalized spacial score (nSPS) is 15.0. The third-order valence-electron chi connectivity index (χ3n) is 6.89. The van der Waals surface area contributed by atoms with Crippen molar-refractivity contribution in [2.24, 2.45) is 5.92 Å². The first kappa shape index (κ1) is 23.2. The van der Waals surface area contributed by atoms with Crippen molar-refractivity contribution < 1.29 is 14.3 Å². The Bertz CT molecular complexity index is 1470. The Balaban J connectivity index is 1.59. The van der Waals surface area contributed by atoms with Crippen LogP contribution < -0.4 is 5.32 Å². The molecule has 0 saturated heterocycles. The Hall–Kier alpha value is -3.51. The number of para-hydroxylation sites is 1. The molecule has 2 aromatic heterocycles. The van der Waals surface area contributed by atoms with E-state index in [0.717, 1.165) is 51.9 Å². The zero-order chi connectivity index (χ0) is 24.7. The van der Waals surface area contributed by atoms with Crippen LogP contribution in [0.3, 0.4) is 0 Å². The molecule has 0 spiro atoms. The second kappa shape index (κ2) is 9.27. The molecule has 0 fully saturated rings. The van der Waals surface area contributed by atoms with Gasteiger partial charge in [-0.05, 0) is 73.9 Å². The summed E-state index contributed by atoms with van der Waals surface area (Å²) in [5.41, 5.74) is 6.88. The van der Waals surface area contributed by atoms with Crippen molar-refractivity contribution in [1.82, 2.24) is 4.98 Å². The minimum absolute atomic E-state index is 0.259. The van der Waals surface area contributed by atoms with Gasteiger partial charge in [-0.2, -0.15) is 0 Å². The van der Waals surface area contributed by atoms with Crippen LogP contribution in [0.5, 0.6) is 0 Å². The topological polar surface area (TPSA) is 68.3 Å². The fraction of sp³-hybridized carbons (Fsp3) is 0.276. The van der Waals surface area contributed by atoms with Crippen molar-refractivity contribution in [1.29, 1.82) is 0 Å². The summed E-state index contributed by atoms with van der Waals surface area (Å²) in [5, 5.41) is 4.39. The molecule has 6 heteroatoms. The van der Waals surface area contributed by atoms with E-state index >= 15 is 0 Å². The number of carbonyl (C=O) groups excluding carboxylic acids is 2. The molecule has 178 valence electrons.